The van der Waals surface area contributed by atoms with E-state index in [4.69, 9.17) is 14.0 Å². The molecule has 0 aromatic heterocycles. The van der Waals surface area contributed by atoms with Crippen molar-refractivity contribution in [2.45, 2.75) is 111 Å². The maximum Gasteiger partial charge on any atom is 0.264 e. The average Bonchev–Trinajstić information content (AvgIpc) is 2.77. The summed E-state index contributed by atoms with van der Waals surface area (Å²) in [6.45, 7) is 13.7. The SMILES string of the molecule is CCCCCCC[N+](CCCCCCC)(CCCCS(=O)(=O)O)CCOCCOCCCC. The minimum atomic E-state index is -3.88. The lowest BCUT2D eigenvalue weighted by atomic mass is 10.1. The van der Waals surface area contributed by atoms with E-state index in [1.54, 1.807) is 0 Å². The third-order valence-electron chi connectivity index (χ3n) is 6.48. The van der Waals surface area contributed by atoms with Gasteiger partial charge in [-0.1, -0.05) is 65.7 Å². The molecular formula is C26H56NO5S+. The maximum absolute atomic E-state index is 11.2. The van der Waals surface area contributed by atoms with Crippen molar-refractivity contribution in [3.8, 4) is 0 Å². The van der Waals surface area contributed by atoms with Crippen LogP contribution in [0.15, 0.2) is 0 Å². The van der Waals surface area contributed by atoms with E-state index in [1.165, 1.54) is 64.2 Å². The fourth-order valence-corrected chi connectivity index (χ4v) is 4.90. The molecule has 6 nitrogen and oxygen atoms in total. The van der Waals surface area contributed by atoms with Crippen LogP contribution in [0.1, 0.15) is 111 Å². The molecule has 0 aromatic rings. The summed E-state index contributed by atoms with van der Waals surface area (Å²) in [7, 11) is -3.88. The van der Waals surface area contributed by atoms with E-state index < -0.39 is 10.1 Å². The van der Waals surface area contributed by atoms with Gasteiger partial charge in [0.15, 0.2) is 0 Å². The molecule has 0 aliphatic rings. The first-order valence-electron chi connectivity index (χ1n) is 13.8. The lowest BCUT2D eigenvalue weighted by molar-refractivity contribution is -0.929. The monoisotopic (exact) mass is 494 g/mol. The van der Waals surface area contributed by atoms with Gasteiger partial charge in [0.25, 0.3) is 10.1 Å². The van der Waals surface area contributed by atoms with Crippen LogP contribution in [0.5, 0.6) is 0 Å². The molecule has 0 amide bonds. The second kappa shape index (κ2) is 22.3. The molecule has 0 spiro atoms. The van der Waals surface area contributed by atoms with Gasteiger partial charge in [0.1, 0.15) is 6.54 Å². The molecule has 0 radical (unpaired) electrons. The summed E-state index contributed by atoms with van der Waals surface area (Å²) in [5.74, 6) is -0.133. The molecule has 200 valence electrons. The van der Waals surface area contributed by atoms with Crippen molar-refractivity contribution in [1.29, 1.82) is 0 Å². The first-order chi connectivity index (χ1) is 15.9. The Labute approximate surface area is 206 Å². The first-order valence-corrected chi connectivity index (χ1v) is 15.5. The zero-order valence-electron chi connectivity index (χ0n) is 22.2. The number of rotatable bonds is 26. The fourth-order valence-electron chi connectivity index (χ4n) is 4.33. The van der Waals surface area contributed by atoms with Crippen LogP contribution >= 0.6 is 0 Å². The molecule has 0 heterocycles. The zero-order valence-corrected chi connectivity index (χ0v) is 23.0. The summed E-state index contributed by atoms with van der Waals surface area (Å²) < 4.78 is 44.0. The van der Waals surface area contributed by atoms with Gasteiger partial charge in [-0.15, -0.1) is 0 Å². The van der Waals surface area contributed by atoms with Crippen molar-refractivity contribution in [1.82, 2.24) is 0 Å². The Morgan fingerprint density at radius 2 is 1.00 bits per heavy atom. The zero-order chi connectivity index (χ0) is 24.7. The summed E-state index contributed by atoms with van der Waals surface area (Å²) in [6, 6.07) is 0. The predicted molar refractivity (Wildman–Crippen MR) is 139 cm³/mol. The summed E-state index contributed by atoms with van der Waals surface area (Å²) in [6.07, 6.45) is 16.2. The highest BCUT2D eigenvalue weighted by molar-refractivity contribution is 7.85. The Morgan fingerprint density at radius 3 is 1.48 bits per heavy atom. The predicted octanol–water partition coefficient (Wildman–Crippen LogP) is 6.25. The van der Waals surface area contributed by atoms with Gasteiger partial charge < -0.3 is 14.0 Å². The van der Waals surface area contributed by atoms with Crippen LogP contribution in [0.4, 0.5) is 0 Å². The van der Waals surface area contributed by atoms with Crippen molar-refractivity contribution >= 4 is 10.1 Å². The summed E-state index contributed by atoms with van der Waals surface area (Å²) in [5, 5.41) is 0. The molecule has 33 heavy (non-hydrogen) atoms. The van der Waals surface area contributed by atoms with Crippen LogP contribution in [0.2, 0.25) is 0 Å². The Balaban J connectivity index is 4.81. The van der Waals surface area contributed by atoms with Gasteiger partial charge in [0, 0.05) is 6.61 Å². The van der Waals surface area contributed by atoms with Crippen molar-refractivity contribution in [3.63, 3.8) is 0 Å². The molecule has 0 saturated heterocycles. The van der Waals surface area contributed by atoms with Crippen LogP contribution in [0.25, 0.3) is 0 Å². The maximum atomic E-state index is 11.2. The highest BCUT2D eigenvalue weighted by Gasteiger charge is 2.26. The quantitative estimate of drug-likeness (QED) is 0.0874. The Bertz CT molecular complexity index is 499. The Morgan fingerprint density at radius 1 is 0.545 bits per heavy atom. The highest BCUT2D eigenvalue weighted by atomic mass is 32.2. The number of hydrogen-bond acceptors (Lipinski definition) is 4. The minimum absolute atomic E-state index is 0.133. The second-order valence-corrected chi connectivity index (χ2v) is 11.2. The molecule has 0 aliphatic carbocycles. The lowest BCUT2D eigenvalue weighted by Gasteiger charge is -2.39. The van der Waals surface area contributed by atoms with E-state index in [0.717, 1.165) is 63.1 Å². The van der Waals surface area contributed by atoms with Crippen molar-refractivity contribution in [2.24, 2.45) is 0 Å². The van der Waals surface area contributed by atoms with Crippen LogP contribution in [0, 0.1) is 0 Å². The standard InChI is InChI=1S/C26H55NO5S/c1-4-7-10-12-14-18-27(19-15-13-11-8-5-2,20-16-17-26-33(28,29)30)21-23-32-25-24-31-22-9-6-3/h4-26H2,1-3H3/p+1. The van der Waals surface area contributed by atoms with Crippen LogP contribution < -0.4 is 0 Å². The molecule has 0 aromatic carbocycles. The number of quaternary nitrogens is 1. The minimum Gasteiger partial charge on any atom is -0.379 e. The van der Waals surface area contributed by atoms with Crippen LogP contribution in [0.3, 0.4) is 0 Å². The fraction of sp³-hybridized carbons (Fsp3) is 1.00. The second-order valence-electron chi connectivity index (χ2n) is 9.64. The van der Waals surface area contributed by atoms with Crippen molar-refractivity contribution in [2.75, 3.05) is 58.4 Å². The normalized spacial score (nSPS) is 12.5. The van der Waals surface area contributed by atoms with Gasteiger partial charge in [0.05, 0.1) is 45.2 Å². The van der Waals surface area contributed by atoms with Crippen LogP contribution in [-0.4, -0.2) is 75.8 Å². The van der Waals surface area contributed by atoms with Gasteiger partial charge in [-0.3, -0.25) is 4.55 Å². The molecule has 0 saturated carbocycles. The molecule has 0 bridgehead atoms. The van der Waals surface area contributed by atoms with Crippen molar-refractivity contribution < 1.29 is 26.9 Å². The summed E-state index contributed by atoms with van der Waals surface area (Å²) in [4.78, 5) is 0. The average molecular weight is 495 g/mol. The van der Waals surface area contributed by atoms with E-state index in [2.05, 4.69) is 20.8 Å². The number of nitrogens with zero attached hydrogens (tertiary/aromatic N) is 1. The van der Waals surface area contributed by atoms with E-state index in [-0.39, 0.29) is 5.75 Å². The van der Waals surface area contributed by atoms with Gasteiger partial charge in [-0.05, 0) is 44.9 Å². The molecule has 0 aliphatic heterocycles. The molecule has 0 rings (SSSR count). The van der Waals surface area contributed by atoms with E-state index >= 15 is 0 Å². The molecule has 7 heteroatoms. The number of ether oxygens (including phenoxy) is 2. The van der Waals surface area contributed by atoms with Crippen LogP contribution in [-0.2, 0) is 19.6 Å². The largest absolute Gasteiger partial charge is 0.379 e. The first kappa shape index (κ1) is 32.8. The van der Waals surface area contributed by atoms with E-state index in [0.29, 0.717) is 19.6 Å². The highest BCUT2D eigenvalue weighted by Crippen LogP contribution is 2.17. The van der Waals surface area contributed by atoms with E-state index in [1.807, 2.05) is 0 Å². The molecule has 0 atom stereocenters. The van der Waals surface area contributed by atoms with Crippen molar-refractivity contribution in [3.05, 3.63) is 0 Å². The third-order valence-corrected chi connectivity index (χ3v) is 7.29. The Hall–Kier alpha value is -0.210. The lowest BCUT2D eigenvalue weighted by Crippen LogP contribution is -2.52. The van der Waals surface area contributed by atoms with Gasteiger partial charge >= 0.3 is 0 Å². The van der Waals surface area contributed by atoms with Gasteiger partial charge in [0.2, 0.25) is 0 Å². The summed E-state index contributed by atoms with van der Waals surface area (Å²) in [5.41, 5.74) is 0. The number of unbranched alkanes of at least 4 members (excludes halogenated alkanes) is 10. The Kier molecular flexibility index (Phi) is 22.1. The third kappa shape index (κ3) is 22.0. The number of hydrogen-bond donors (Lipinski definition) is 1. The van der Waals surface area contributed by atoms with Gasteiger partial charge in [-0.2, -0.15) is 8.42 Å². The molecular weight excluding hydrogens is 438 g/mol. The molecule has 1 N–H and O–H groups in total. The summed E-state index contributed by atoms with van der Waals surface area (Å²) >= 11 is 0. The smallest absolute Gasteiger partial charge is 0.264 e. The van der Waals surface area contributed by atoms with E-state index in [9.17, 15) is 8.42 Å². The molecule has 0 unspecified atom stereocenters. The van der Waals surface area contributed by atoms with Gasteiger partial charge in [-0.25, -0.2) is 0 Å². The topological polar surface area (TPSA) is 72.8 Å². The molecule has 0 fully saturated rings.